The average molecular weight is 250 g/mol. The standard InChI is InChI=1S/C16H30N2/c1-16(6-3-7-17-11-16)12-18(2)10-15-9-13-4-5-14(15)8-13/h13-15,17H,3-12H2,1-2H3. The summed E-state index contributed by atoms with van der Waals surface area (Å²) in [7, 11) is 2.35. The van der Waals surface area contributed by atoms with Crippen molar-refractivity contribution in [3.63, 3.8) is 0 Å². The van der Waals surface area contributed by atoms with Crippen molar-refractivity contribution in [1.29, 1.82) is 0 Å². The van der Waals surface area contributed by atoms with E-state index in [1.807, 2.05) is 0 Å². The molecule has 3 fully saturated rings. The molecule has 4 unspecified atom stereocenters. The molecular formula is C16H30N2. The first-order valence-corrected chi connectivity index (χ1v) is 8.04. The van der Waals surface area contributed by atoms with E-state index in [1.165, 1.54) is 58.3 Å². The number of nitrogens with one attached hydrogen (secondary N) is 1. The van der Waals surface area contributed by atoms with Crippen LogP contribution in [0.1, 0.15) is 45.4 Å². The van der Waals surface area contributed by atoms with Gasteiger partial charge >= 0.3 is 0 Å². The van der Waals surface area contributed by atoms with Crippen molar-refractivity contribution < 1.29 is 0 Å². The van der Waals surface area contributed by atoms with Crippen molar-refractivity contribution in [2.75, 3.05) is 33.2 Å². The second-order valence-electron chi connectivity index (χ2n) is 7.72. The molecule has 3 rings (SSSR count). The minimum Gasteiger partial charge on any atom is -0.316 e. The molecule has 1 aliphatic heterocycles. The Labute approximate surface area is 113 Å². The maximum absolute atomic E-state index is 3.57. The second-order valence-corrected chi connectivity index (χ2v) is 7.72. The molecule has 2 saturated carbocycles. The van der Waals surface area contributed by atoms with Gasteiger partial charge in [-0.25, -0.2) is 0 Å². The highest BCUT2D eigenvalue weighted by Gasteiger charge is 2.40. The summed E-state index contributed by atoms with van der Waals surface area (Å²) in [4.78, 5) is 2.64. The Bertz CT molecular complexity index is 283. The number of fused-ring (bicyclic) bond motifs is 2. The molecule has 1 heterocycles. The third-order valence-corrected chi connectivity index (χ3v) is 5.77. The van der Waals surface area contributed by atoms with E-state index in [2.05, 4.69) is 24.2 Å². The van der Waals surface area contributed by atoms with Crippen molar-refractivity contribution in [1.82, 2.24) is 10.2 Å². The van der Waals surface area contributed by atoms with E-state index in [9.17, 15) is 0 Å². The predicted molar refractivity (Wildman–Crippen MR) is 76.6 cm³/mol. The zero-order valence-electron chi connectivity index (χ0n) is 12.3. The summed E-state index contributed by atoms with van der Waals surface area (Å²) in [6, 6.07) is 0. The van der Waals surface area contributed by atoms with Gasteiger partial charge in [0.05, 0.1) is 0 Å². The number of nitrogens with zero attached hydrogens (tertiary/aromatic N) is 1. The van der Waals surface area contributed by atoms with Crippen LogP contribution in [-0.2, 0) is 0 Å². The SMILES string of the molecule is CN(CC1CC2CCC1C2)CC1(C)CCCNC1. The number of hydrogen-bond donors (Lipinski definition) is 1. The first-order valence-electron chi connectivity index (χ1n) is 8.04. The number of rotatable bonds is 4. The van der Waals surface area contributed by atoms with Gasteiger partial charge < -0.3 is 10.2 Å². The van der Waals surface area contributed by atoms with Gasteiger partial charge in [-0.3, -0.25) is 0 Å². The summed E-state index contributed by atoms with van der Waals surface area (Å²) >= 11 is 0. The lowest BCUT2D eigenvalue weighted by atomic mass is 9.81. The van der Waals surface area contributed by atoms with Crippen molar-refractivity contribution in [3.8, 4) is 0 Å². The van der Waals surface area contributed by atoms with Crippen LogP contribution in [-0.4, -0.2) is 38.1 Å². The maximum atomic E-state index is 3.57. The van der Waals surface area contributed by atoms with Gasteiger partial charge in [-0.1, -0.05) is 13.3 Å². The Morgan fingerprint density at radius 2 is 2.17 bits per heavy atom. The van der Waals surface area contributed by atoms with E-state index < -0.39 is 0 Å². The van der Waals surface area contributed by atoms with Crippen LogP contribution in [0.5, 0.6) is 0 Å². The minimum atomic E-state index is 0.518. The van der Waals surface area contributed by atoms with Gasteiger partial charge in [0.2, 0.25) is 0 Å². The minimum absolute atomic E-state index is 0.518. The van der Waals surface area contributed by atoms with Crippen LogP contribution in [0.2, 0.25) is 0 Å². The summed E-state index contributed by atoms with van der Waals surface area (Å²) in [5.74, 6) is 3.20. The highest BCUT2D eigenvalue weighted by molar-refractivity contribution is 4.92. The molecule has 0 amide bonds. The van der Waals surface area contributed by atoms with Gasteiger partial charge in [0.15, 0.2) is 0 Å². The quantitative estimate of drug-likeness (QED) is 0.825. The largest absolute Gasteiger partial charge is 0.316 e. The number of hydrogen-bond acceptors (Lipinski definition) is 2. The molecule has 2 heteroatoms. The molecule has 1 N–H and O–H groups in total. The van der Waals surface area contributed by atoms with E-state index in [0.29, 0.717) is 5.41 Å². The smallest absolute Gasteiger partial charge is 0.00446 e. The van der Waals surface area contributed by atoms with Crippen LogP contribution in [0.4, 0.5) is 0 Å². The van der Waals surface area contributed by atoms with Gasteiger partial charge in [-0.05, 0) is 68.9 Å². The van der Waals surface area contributed by atoms with Crippen LogP contribution in [0.15, 0.2) is 0 Å². The summed E-state index contributed by atoms with van der Waals surface area (Å²) in [5.41, 5.74) is 0.518. The molecule has 2 aliphatic carbocycles. The Morgan fingerprint density at radius 3 is 2.78 bits per heavy atom. The van der Waals surface area contributed by atoms with Gasteiger partial charge in [0, 0.05) is 19.6 Å². The molecule has 2 bridgehead atoms. The highest BCUT2D eigenvalue weighted by Crippen LogP contribution is 2.48. The van der Waals surface area contributed by atoms with Gasteiger partial charge in [0.1, 0.15) is 0 Å². The third-order valence-electron chi connectivity index (χ3n) is 5.77. The van der Waals surface area contributed by atoms with Crippen LogP contribution < -0.4 is 5.32 Å². The zero-order chi connectivity index (χ0) is 12.6. The molecule has 0 radical (unpaired) electrons. The molecule has 0 aromatic heterocycles. The van der Waals surface area contributed by atoms with Crippen molar-refractivity contribution >= 4 is 0 Å². The van der Waals surface area contributed by atoms with Crippen LogP contribution in [0.3, 0.4) is 0 Å². The monoisotopic (exact) mass is 250 g/mol. The molecular weight excluding hydrogens is 220 g/mol. The molecule has 4 atom stereocenters. The van der Waals surface area contributed by atoms with Gasteiger partial charge in [-0.2, -0.15) is 0 Å². The lowest BCUT2D eigenvalue weighted by Crippen LogP contribution is -2.46. The zero-order valence-corrected chi connectivity index (χ0v) is 12.3. The fourth-order valence-electron chi connectivity index (χ4n) is 4.97. The molecule has 18 heavy (non-hydrogen) atoms. The maximum Gasteiger partial charge on any atom is 0.00446 e. The number of piperidine rings is 1. The highest BCUT2D eigenvalue weighted by atomic mass is 15.1. The van der Waals surface area contributed by atoms with Crippen LogP contribution >= 0.6 is 0 Å². The fraction of sp³-hybridized carbons (Fsp3) is 1.00. The van der Waals surface area contributed by atoms with Crippen LogP contribution in [0.25, 0.3) is 0 Å². The predicted octanol–water partition coefficient (Wildman–Crippen LogP) is 2.74. The van der Waals surface area contributed by atoms with E-state index in [4.69, 9.17) is 0 Å². The lowest BCUT2D eigenvalue weighted by molar-refractivity contribution is 0.127. The summed E-state index contributed by atoms with van der Waals surface area (Å²) < 4.78 is 0. The van der Waals surface area contributed by atoms with Crippen molar-refractivity contribution in [2.45, 2.75) is 45.4 Å². The van der Waals surface area contributed by atoms with E-state index in [1.54, 1.807) is 6.42 Å². The molecule has 0 aromatic rings. The fourth-order valence-corrected chi connectivity index (χ4v) is 4.97. The van der Waals surface area contributed by atoms with Crippen molar-refractivity contribution in [2.24, 2.45) is 23.2 Å². The van der Waals surface area contributed by atoms with Gasteiger partial charge in [0.25, 0.3) is 0 Å². The molecule has 2 nitrogen and oxygen atoms in total. The Hall–Kier alpha value is -0.0800. The Kier molecular flexibility index (Phi) is 3.68. The Morgan fingerprint density at radius 1 is 1.28 bits per heavy atom. The Balaban J connectivity index is 1.48. The molecule has 0 spiro atoms. The topological polar surface area (TPSA) is 15.3 Å². The lowest BCUT2D eigenvalue weighted by Gasteiger charge is -2.38. The van der Waals surface area contributed by atoms with Crippen molar-refractivity contribution in [3.05, 3.63) is 0 Å². The normalized spacial score (nSPS) is 43.8. The molecule has 104 valence electrons. The third kappa shape index (κ3) is 2.75. The molecule has 0 aromatic carbocycles. The van der Waals surface area contributed by atoms with Crippen LogP contribution in [0, 0.1) is 23.2 Å². The first-order chi connectivity index (χ1) is 8.65. The molecule has 1 saturated heterocycles. The van der Waals surface area contributed by atoms with E-state index in [-0.39, 0.29) is 0 Å². The summed E-state index contributed by atoms with van der Waals surface area (Å²) in [6.07, 6.45) is 8.91. The summed E-state index contributed by atoms with van der Waals surface area (Å²) in [5, 5.41) is 3.57. The summed E-state index contributed by atoms with van der Waals surface area (Å²) in [6.45, 7) is 7.56. The van der Waals surface area contributed by atoms with Gasteiger partial charge in [-0.15, -0.1) is 0 Å². The van der Waals surface area contributed by atoms with E-state index in [0.717, 1.165) is 17.8 Å². The van der Waals surface area contributed by atoms with E-state index >= 15 is 0 Å². The molecule has 3 aliphatic rings. The average Bonchev–Trinajstić information content (AvgIpc) is 2.90. The first kappa shape index (κ1) is 12.9. The second kappa shape index (κ2) is 5.13.